The first kappa shape index (κ1) is 20.1. The smallest absolute Gasteiger partial charge is 0.235 e. The zero-order valence-electron chi connectivity index (χ0n) is 16.6. The molecule has 146 valence electrons. The van der Waals surface area contributed by atoms with E-state index in [0.717, 1.165) is 29.5 Å². The summed E-state index contributed by atoms with van der Waals surface area (Å²) >= 11 is 1.47. The fourth-order valence-electron chi connectivity index (χ4n) is 3.09. The van der Waals surface area contributed by atoms with Gasteiger partial charge < -0.3 is 9.47 Å². The Morgan fingerprint density at radius 2 is 1.64 bits per heavy atom. The summed E-state index contributed by atoms with van der Waals surface area (Å²) in [6.07, 6.45) is 0.735. The van der Waals surface area contributed by atoms with Gasteiger partial charge in [0.2, 0.25) is 5.91 Å². The lowest BCUT2D eigenvalue weighted by molar-refractivity contribution is -0.129. The normalized spacial score (nSPS) is 12.0. The van der Waals surface area contributed by atoms with Crippen LogP contribution < -0.4 is 0 Å². The molecule has 0 saturated carbocycles. The molecule has 1 aromatic heterocycles. The van der Waals surface area contributed by atoms with Crippen LogP contribution in [0.1, 0.15) is 30.8 Å². The quantitative estimate of drug-likeness (QED) is 0.541. The van der Waals surface area contributed by atoms with E-state index in [1.54, 1.807) is 4.90 Å². The number of amides is 1. The van der Waals surface area contributed by atoms with Gasteiger partial charge in [0.25, 0.3) is 0 Å². The highest BCUT2D eigenvalue weighted by atomic mass is 32.2. The molecule has 0 saturated heterocycles. The van der Waals surface area contributed by atoms with Crippen LogP contribution in [0, 0.1) is 0 Å². The van der Waals surface area contributed by atoms with Gasteiger partial charge in [-0.2, -0.15) is 0 Å². The number of benzene rings is 2. The highest BCUT2D eigenvalue weighted by Gasteiger charge is 2.22. The molecule has 0 N–H and O–H groups in total. The number of thioether (sulfide) groups is 1. The summed E-state index contributed by atoms with van der Waals surface area (Å²) in [6.45, 7) is 5.39. The third kappa shape index (κ3) is 5.01. The standard InChI is InChI=1S/C22H26N4OS/c1-4-26-20(15-18-11-7-5-8-12-18)23-24-22(26)28-17(2)21(27)25(3)16-19-13-9-6-10-14-19/h5-14,17H,4,15-16H2,1-3H3. The molecule has 5 nitrogen and oxygen atoms in total. The van der Waals surface area contributed by atoms with E-state index < -0.39 is 0 Å². The first-order chi connectivity index (χ1) is 13.6. The fraction of sp³-hybridized carbons (Fsp3) is 0.318. The highest BCUT2D eigenvalue weighted by Crippen LogP contribution is 2.24. The second-order valence-corrected chi connectivity index (χ2v) is 8.05. The molecule has 3 rings (SSSR count). The Bertz CT molecular complexity index is 895. The molecule has 1 heterocycles. The number of carbonyl (C=O) groups excluding carboxylic acids is 1. The Balaban J connectivity index is 1.66. The summed E-state index contributed by atoms with van der Waals surface area (Å²) in [7, 11) is 1.85. The third-order valence-corrected chi connectivity index (χ3v) is 5.65. The zero-order valence-corrected chi connectivity index (χ0v) is 17.4. The summed E-state index contributed by atoms with van der Waals surface area (Å²) in [4.78, 5) is 14.6. The van der Waals surface area contributed by atoms with Crippen molar-refractivity contribution in [1.29, 1.82) is 0 Å². The van der Waals surface area contributed by atoms with E-state index in [4.69, 9.17) is 0 Å². The molecule has 0 aliphatic carbocycles. The molecule has 1 atom stereocenters. The number of hydrogen-bond donors (Lipinski definition) is 0. The van der Waals surface area contributed by atoms with E-state index in [1.165, 1.54) is 17.3 Å². The Kier molecular flexibility index (Phi) is 6.87. The van der Waals surface area contributed by atoms with Gasteiger partial charge in [0.15, 0.2) is 5.16 Å². The fourth-order valence-corrected chi connectivity index (χ4v) is 4.13. The average molecular weight is 395 g/mol. The van der Waals surface area contributed by atoms with Gasteiger partial charge in [-0.25, -0.2) is 0 Å². The maximum atomic E-state index is 12.8. The topological polar surface area (TPSA) is 51.0 Å². The molecule has 0 spiro atoms. The molecule has 0 radical (unpaired) electrons. The molecule has 3 aromatic rings. The molecule has 1 unspecified atom stereocenters. The van der Waals surface area contributed by atoms with Crippen molar-refractivity contribution in [1.82, 2.24) is 19.7 Å². The van der Waals surface area contributed by atoms with Crippen molar-refractivity contribution in [3.63, 3.8) is 0 Å². The van der Waals surface area contributed by atoms with Crippen LogP contribution >= 0.6 is 11.8 Å². The first-order valence-electron chi connectivity index (χ1n) is 9.50. The Hall–Kier alpha value is -2.60. The van der Waals surface area contributed by atoms with Gasteiger partial charge in [-0.15, -0.1) is 10.2 Å². The van der Waals surface area contributed by atoms with Gasteiger partial charge in [-0.1, -0.05) is 72.4 Å². The number of hydrogen-bond acceptors (Lipinski definition) is 4. The zero-order chi connectivity index (χ0) is 19.9. The summed E-state index contributed by atoms with van der Waals surface area (Å²) in [5.74, 6) is 1.01. The number of rotatable bonds is 8. The maximum Gasteiger partial charge on any atom is 0.235 e. The Labute approximate surface area is 170 Å². The van der Waals surface area contributed by atoms with Crippen LogP contribution in [-0.4, -0.2) is 37.9 Å². The summed E-state index contributed by atoms with van der Waals surface area (Å²) in [6, 6.07) is 20.3. The van der Waals surface area contributed by atoms with E-state index in [1.807, 2.05) is 62.5 Å². The van der Waals surface area contributed by atoms with Crippen LogP contribution in [0.4, 0.5) is 0 Å². The van der Waals surface area contributed by atoms with Crippen molar-refractivity contribution < 1.29 is 4.79 Å². The van der Waals surface area contributed by atoms with Gasteiger partial charge >= 0.3 is 0 Å². The van der Waals surface area contributed by atoms with Crippen molar-refractivity contribution in [3.05, 3.63) is 77.6 Å². The van der Waals surface area contributed by atoms with Gasteiger partial charge in [0.1, 0.15) is 5.82 Å². The SMILES string of the molecule is CCn1c(Cc2ccccc2)nnc1SC(C)C(=O)N(C)Cc1ccccc1. The first-order valence-corrected chi connectivity index (χ1v) is 10.4. The van der Waals surface area contributed by atoms with E-state index in [0.29, 0.717) is 6.54 Å². The molecular weight excluding hydrogens is 368 g/mol. The largest absolute Gasteiger partial charge is 0.340 e. The van der Waals surface area contributed by atoms with Gasteiger partial charge in [0.05, 0.1) is 5.25 Å². The van der Waals surface area contributed by atoms with Gasteiger partial charge in [0, 0.05) is 26.6 Å². The van der Waals surface area contributed by atoms with Crippen molar-refractivity contribution in [2.75, 3.05) is 7.05 Å². The second kappa shape index (κ2) is 9.55. The van der Waals surface area contributed by atoms with Crippen molar-refractivity contribution in [3.8, 4) is 0 Å². The molecule has 28 heavy (non-hydrogen) atoms. The minimum absolute atomic E-state index is 0.0871. The average Bonchev–Trinajstić information content (AvgIpc) is 3.09. The molecule has 2 aromatic carbocycles. The van der Waals surface area contributed by atoms with Crippen molar-refractivity contribution in [2.24, 2.45) is 0 Å². The Morgan fingerprint density at radius 1 is 1.04 bits per heavy atom. The van der Waals surface area contributed by atoms with Crippen molar-refractivity contribution in [2.45, 2.75) is 43.8 Å². The van der Waals surface area contributed by atoms with Crippen LogP contribution in [0.15, 0.2) is 65.8 Å². The van der Waals surface area contributed by atoms with E-state index >= 15 is 0 Å². The second-order valence-electron chi connectivity index (χ2n) is 6.75. The van der Waals surface area contributed by atoms with Crippen LogP contribution in [0.3, 0.4) is 0 Å². The number of nitrogens with zero attached hydrogens (tertiary/aromatic N) is 4. The van der Waals surface area contributed by atoms with E-state index in [-0.39, 0.29) is 11.2 Å². The molecule has 0 fully saturated rings. The molecule has 0 aliphatic heterocycles. The predicted molar refractivity (Wildman–Crippen MR) is 113 cm³/mol. The molecule has 6 heteroatoms. The Morgan fingerprint density at radius 3 is 2.25 bits per heavy atom. The predicted octanol–water partition coefficient (Wildman–Crippen LogP) is 4.03. The molecule has 1 amide bonds. The van der Waals surface area contributed by atoms with Gasteiger partial charge in [-0.05, 0) is 25.0 Å². The third-order valence-electron chi connectivity index (χ3n) is 4.58. The summed E-state index contributed by atoms with van der Waals surface area (Å²) in [5, 5.41) is 9.29. The van der Waals surface area contributed by atoms with Gasteiger partial charge in [-0.3, -0.25) is 4.79 Å². The monoisotopic (exact) mass is 394 g/mol. The number of aromatic nitrogens is 3. The van der Waals surface area contributed by atoms with E-state index in [9.17, 15) is 4.79 Å². The van der Waals surface area contributed by atoms with Crippen LogP contribution in [0.25, 0.3) is 0 Å². The minimum atomic E-state index is -0.229. The number of carbonyl (C=O) groups is 1. The molecular formula is C22H26N4OS. The lowest BCUT2D eigenvalue weighted by atomic mass is 10.1. The van der Waals surface area contributed by atoms with Crippen LogP contribution in [0.2, 0.25) is 0 Å². The van der Waals surface area contributed by atoms with Crippen LogP contribution in [0.5, 0.6) is 0 Å². The lowest BCUT2D eigenvalue weighted by Gasteiger charge is -2.21. The minimum Gasteiger partial charge on any atom is -0.340 e. The highest BCUT2D eigenvalue weighted by molar-refractivity contribution is 8.00. The van der Waals surface area contributed by atoms with E-state index in [2.05, 4.69) is 33.8 Å². The lowest BCUT2D eigenvalue weighted by Crippen LogP contribution is -2.33. The van der Waals surface area contributed by atoms with Crippen LogP contribution in [-0.2, 0) is 24.3 Å². The molecule has 0 aliphatic rings. The molecule has 0 bridgehead atoms. The van der Waals surface area contributed by atoms with Crippen molar-refractivity contribution >= 4 is 17.7 Å². The summed E-state index contributed by atoms with van der Waals surface area (Å²) < 4.78 is 2.10. The maximum absolute atomic E-state index is 12.8. The summed E-state index contributed by atoms with van der Waals surface area (Å²) in [5.41, 5.74) is 2.32.